The molecule has 2 saturated carbocycles. The summed E-state index contributed by atoms with van der Waals surface area (Å²) in [5.41, 5.74) is 6.08. The van der Waals surface area contributed by atoms with Gasteiger partial charge in [-0.3, -0.25) is 0 Å². The van der Waals surface area contributed by atoms with Crippen LogP contribution in [0.1, 0.15) is 67.1 Å². The first kappa shape index (κ1) is 23.7. The molecule has 198 valence electrons. The van der Waals surface area contributed by atoms with Gasteiger partial charge in [-0.1, -0.05) is 56.0 Å². The van der Waals surface area contributed by atoms with E-state index in [1.54, 1.807) is 5.56 Å². The van der Waals surface area contributed by atoms with Gasteiger partial charge in [-0.2, -0.15) is 0 Å². The number of nitrogens with zero attached hydrogens (tertiary/aromatic N) is 2. The van der Waals surface area contributed by atoms with Crippen LogP contribution in [-0.4, -0.2) is 17.1 Å². The Morgan fingerprint density at radius 3 is 2.72 bits per heavy atom. The molecule has 0 bridgehead atoms. The summed E-state index contributed by atoms with van der Waals surface area (Å²) < 4.78 is 7.19. The first-order valence-corrected chi connectivity index (χ1v) is 15.5. The van der Waals surface area contributed by atoms with E-state index in [0.717, 1.165) is 23.1 Å². The van der Waals surface area contributed by atoms with Crippen LogP contribution < -0.4 is 9.64 Å². The van der Waals surface area contributed by atoms with E-state index in [9.17, 15) is 0 Å². The van der Waals surface area contributed by atoms with Crippen LogP contribution in [0.25, 0.3) is 10.2 Å². The van der Waals surface area contributed by atoms with Crippen molar-refractivity contribution >= 4 is 27.2 Å². The quantitative estimate of drug-likeness (QED) is 0.190. The molecule has 3 nitrogen and oxygen atoms in total. The van der Waals surface area contributed by atoms with Gasteiger partial charge in [0.15, 0.2) is 0 Å². The van der Waals surface area contributed by atoms with Gasteiger partial charge in [0, 0.05) is 5.69 Å². The zero-order chi connectivity index (χ0) is 26.2. The molecule has 3 fully saturated rings. The maximum Gasteiger partial charge on any atom is 0.120 e. The van der Waals surface area contributed by atoms with Gasteiger partial charge in [-0.05, 0) is 109 Å². The molecule has 1 aromatic heterocycles. The standard InChI is InChI=1S/C35H36N2OS/c1-3-21-38-25-14-16-26-23(22-25)13-15-28-27(26)17-19-34(2)29(28)18-20-35(34)32(37(35)24-9-5-4-6-10-24)33-36-30-11-7-8-12-31(30)39-33/h3-12,14,16,22,27-29,32H,1,13,15,17-21H2,2H3/t27-,28-,29+,32+,34+,35-,37?/m1/s1. The van der Waals surface area contributed by atoms with Crippen LogP contribution in [0, 0.1) is 17.3 Å². The molecule has 2 heterocycles. The molecule has 39 heavy (non-hydrogen) atoms. The highest BCUT2D eigenvalue weighted by Crippen LogP contribution is 2.77. The van der Waals surface area contributed by atoms with Crippen LogP contribution in [0.4, 0.5) is 5.69 Å². The summed E-state index contributed by atoms with van der Waals surface area (Å²) in [6.45, 7) is 7.03. The molecule has 0 unspecified atom stereocenters. The molecule has 1 saturated heterocycles. The maximum absolute atomic E-state index is 5.88. The van der Waals surface area contributed by atoms with E-state index in [-0.39, 0.29) is 11.0 Å². The molecule has 8 rings (SSSR count). The first-order valence-electron chi connectivity index (χ1n) is 14.7. The van der Waals surface area contributed by atoms with E-state index in [2.05, 4.69) is 91.2 Å². The van der Waals surface area contributed by atoms with Crippen molar-refractivity contribution in [3.8, 4) is 5.75 Å². The van der Waals surface area contributed by atoms with Crippen LogP contribution in [0.2, 0.25) is 0 Å². The molecule has 1 spiro atoms. The van der Waals surface area contributed by atoms with Gasteiger partial charge < -0.3 is 9.64 Å². The van der Waals surface area contributed by atoms with Crippen molar-refractivity contribution in [1.82, 2.24) is 4.98 Å². The summed E-state index contributed by atoms with van der Waals surface area (Å²) in [7, 11) is 0. The van der Waals surface area contributed by atoms with Crippen LogP contribution in [0.5, 0.6) is 5.75 Å². The highest BCUT2D eigenvalue weighted by Gasteiger charge is 2.77. The number of para-hydroxylation sites is 2. The van der Waals surface area contributed by atoms with E-state index >= 15 is 0 Å². The normalized spacial score (nSPS) is 32.5. The van der Waals surface area contributed by atoms with Crippen LogP contribution >= 0.6 is 11.3 Å². The highest BCUT2D eigenvalue weighted by molar-refractivity contribution is 7.18. The van der Waals surface area contributed by atoms with Gasteiger partial charge in [-0.15, -0.1) is 11.3 Å². The predicted octanol–water partition coefficient (Wildman–Crippen LogP) is 8.72. The van der Waals surface area contributed by atoms with Crippen molar-refractivity contribution in [2.45, 2.75) is 62.9 Å². The fourth-order valence-electron chi connectivity index (χ4n) is 9.32. The lowest BCUT2D eigenvalue weighted by Crippen LogP contribution is -2.47. The van der Waals surface area contributed by atoms with Crippen molar-refractivity contribution in [3.63, 3.8) is 0 Å². The number of anilines is 1. The molecule has 4 aliphatic rings. The van der Waals surface area contributed by atoms with Gasteiger partial charge in [0.05, 0.1) is 15.8 Å². The number of benzene rings is 3. The zero-order valence-electron chi connectivity index (χ0n) is 22.7. The third kappa shape index (κ3) is 3.30. The van der Waals surface area contributed by atoms with E-state index in [4.69, 9.17) is 9.72 Å². The third-order valence-corrected chi connectivity index (χ3v) is 12.0. The van der Waals surface area contributed by atoms with Crippen LogP contribution in [0.15, 0.2) is 85.5 Å². The van der Waals surface area contributed by atoms with Crippen molar-refractivity contribution in [1.29, 1.82) is 0 Å². The second kappa shape index (κ2) is 8.69. The van der Waals surface area contributed by atoms with Gasteiger partial charge >= 0.3 is 0 Å². The molecule has 4 heteroatoms. The lowest BCUT2D eigenvalue weighted by Gasteiger charge is -2.51. The molecule has 0 N–H and O–H groups in total. The number of ether oxygens (including phenoxy) is 1. The number of rotatable bonds is 5. The fourth-order valence-corrected chi connectivity index (χ4v) is 10.5. The summed E-state index contributed by atoms with van der Waals surface area (Å²) in [6.07, 6.45) is 9.48. The monoisotopic (exact) mass is 532 g/mol. The molecule has 3 aliphatic carbocycles. The van der Waals surface area contributed by atoms with Crippen molar-refractivity contribution < 1.29 is 4.74 Å². The summed E-state index contributed by atoms with van der Waals surface area (Å²) in [6, 6.07) is 27.1. The minimum absolute atomic E-state index is 0.167. The Labute approximate surface area is 235 Å². The average molecular weight is 533 g/mol. The Bertz CT molecular complexity index is 1530. The first-order chi connectivity index (χ1) is 19.1. The lowest BCUT2D eigenvalue weighted by molar-refractivity contribution is 0.0410. The summed E-state index contributed by atoms with van der Waals surface area (Å²) in [5.74, 6) is 3.19. The number of aromatic nitrogens is 1. The molecular weight excluding hydrogens is 496 g/mol. The van der Waals surface area contributed by atoms with E-state index in [1.807, 2.05) is 17.4 Å². The summed E-state index contributed by atoms with van der Waals surface area (Å²) in [5, 5.41) is 1.31. The minimum Gasteiger partial charge on any atom is -0.490 e. The second-order valence-corrected chi connectivity index (χ2v) is 13.5. The number of thiazole rings is 1. The zero-order valence-corrected chi connectivity index (χ0v) is 23.5. The molecule has 4 aromatic rings. The number of aryl methyl sites for hydroxylation is 1. The lowest BCUT2D eigenvalue weighted by atomic mass is 9.53. The molecule has 0 radical (unpaired) electrons. The molecular formula is C35H36N2OS. The van der Waals surface area contributed by atoms with Crippen molar-refractivity contribution in [2.75, 3.05) is 11.5 Å². The maximum atomic E-state index is 5.88. The van der Waals surface area contributed by atoms with Crippen LogP contribution in [-0.2, 0) is 6.42 Å². The Morgan fingerprint density at radius 1 is 1.03 bits per heavy atom. The molecule has 6 atom stereocenters. The molecule has 1 aliphatic heterocycles. The molecule has 3 aromatic carbocycles. The van der Waals surface area contributed by atoms with Gasteiger partial charge in [-0.25, -0.2) is 4.98 Å². The van der Waals surface area contributed by atoms with Crippen molar-refractivity contribution in [3.05, 3.63) is 102 Å². The average Bonchev–Trinajstić information content (AvgIpc) is 3.30. The number of hydrogen-bond donors (Lipinski definition) is 0. The summed E-state index contributed by atoms with van der Waals surface area (Å²) in [4.78, 5) is 8.02. The Hall–Kier alpha value is -3.11. The highest BCUT2D eigenvalue weighted by atomic mass is 32.1. The van der Waals surface area contributed by atoms with E-state index in [0.29, 0.717) is 18.6 Å². The fraction of sp³-hybridized carbons (Fsp3) is 0.400. The summed E-state index contributed by atoms with van der Waals surface area (Å²) >= 11 is 1.91. The number of fused-ring (bicyclic) bond motifs is 7. The predicted molar refractivity (Wildman–Crippen MR) is 161 cm³/mol. The van der Waals surface area contributed by atoms with E-state index in [1.165, 1.54) is 59.5 Å². The SMILES string of the molecule is C=CCOc1ccc2c(c1)CC[C@@H]1[C@@H]2CC[C@@]2(C)[C@H]1CC[C@@]21[C@H](c2nc3ccccc3s2)N1c1ccccc1. The number of hydrogen-bond acceptors (Lipinski definition) is 4. The van der Waals surface area contributed by atoms with Gasteiger partial charge in [0.1, 0.15) is 23.4 Å². The molecule has 0 amide bonds. The van der Waals surface area contributed by atoms with E-state index < -0.39 is 0 Å². The Kier molecular flexibility index (Phi) is 5.29. The Morgan fingerprint density at radius 2 is 1.87 bits per heavy atom. The topological polar surface area (TPSA) is 25.1 Å². The van der Waals surface area contributed by atoms with Crippen LogP contribution in [0.3, 0.4) is 0 Å². The third-order valence-electron chi connectivity index (χ3n) is 10.9. The van der Waals surface area contributed by atoms with Crippen molar-refractivity contribution in [2.24, 2.45) is 17.3 Å². The smallest absolute Gasteiger partial charge is 0.120 e. The van der Waals surface area contributed by atoms with Gasteiger partial charge in [0.25, 0.3) is 0 Å². The Balaban J connectivity index is 1.16. The largest absolute Gasteiger partial charge is 0.490 e. The van der Waals surface area contributed by atoms with Gasteiger partial charge in [0.2, 0.25) is 0 Å². The second-order valence-electron chi connectivity index (χ2n) is 12.4. The minimum atomic E-state index is 0.167.